The lowest BCUT2D eigenvalue weighted by Crippen LogP contribution is -2.15. The zero-order valence-electron chi connectivity index (χ0n) is 5.85. The van der Waals surface area contributed by atoms with Gasteiger partial charge in [0.25, 0.3) is 0 Å². The van der Waals surface area contributed by atoms with Crippen molar-refractivity contribution < 1.29 is 9.35 Å². The topological polar surface area (TPSA) is 40.1 Å². The van der Waals surface area contributed by atoms with E-state index in [9.17, 15) is 9.35 Å². The van der Waals surface area contributed by atoms with Crippen molar-refractivity contribution in [1.82, 2.24) is 0 Å². The van der Waals surface area contributed by atoms with Crippen LogP contribution in [0.25, 0.3) is 0 Å². The lowest BCUT2D eigenvalue weighted by Gasteiger charge is -2.05. The summed E-state index contributed by atoms with van der Waals surface area (Å²) in [6, 6.07) is 0. The number of carbonyl (C=O) groups excluding carboxylic acids is 1. The molecule has 9 heavy (non-hydrogen) atoms. The van der Waals surface area contributed by atoms with Crippen LogP contribution in [0.5, 0.6) is 0 Å². The first kappa shape index (κ1) is 8.98. The molecule has 0 spiro atoms. The van der Waals surface area contributed by atoms with E-state index in [0.717, 1.165) is 6.42 Å². The summed E-state index contributed by atoms with van der Waals surface area (Å²) in [5, 5.41) is 0. The van der Waals surface area contributed by atoms with Gasteiger partial charge in [-0.3, -0.25) is 4.79 Å². The Hall–Kier alpha value is -0.0200. The zero-order chi connectivity index (χ0) is 7.28. The van der Waals surface area contributed by atoms with E-state index in [1.54, 1.807) is 0 Å². The first-order chi connectivity index (χ1) is 4.16. The number of ketones is 1. The molecular formula is C6H12O2S. The van der Waals surface area contributed by atoms with Gasteiger partial charge in [0.2, 0.25) is 0 Å². The third-order valence-corrected chi connectivity index (χ3v) is 2.39. The number of carbonyl (C=O) groups is 1. The van der Waals surface area contributed by atoms with Gasteiger partial charge in [0.1, 0.15) is 5.75 Å². The molecule has 0 aliphatic rings. The molecule has 54 valence electrons. The van der Waals surface area contributed by atoms with Gasteiger partial charge in [-0.2, -0.15) is 0 Å². The maximum Gasteiger partial charge on any atom is 0.178 e. The van der Waals surface area contributed by atoms with E-state index in [2.05, 4.69) is 0 Å². The number of hydrogen-bond acceptors (Lipinski definition) is 2. The molecule has 0 saturated heterocycles. The van der Waals surface area contributed by atoms with Gasteiger partial charge in [0.15, 0.2) is 11.5 Å². The predicted molar refractivity (Wildman–Crippen MR) is 38.8 cm³/mol. The average Bonchev–Trinajstić information content (AvgIpc) is 1.63. The molecule has 0 aliphatic heterocycles. The average molecular weight is 148 g/mol. The fourth-order valence-corrected chi connectivity index (χ4v) is 1.58. The second-order valence-electron chi connectivity index (χ2n) is 1.99. The van der Waals surface area contributed by atoms with Crippen molar-refractivity contribution in [3.05, 3.63) is 0 Å². The summed E-state index contributed by atoms with van der Waals surface area (Å²) in [5.74, 6) is 0.898. The van der Waals surface area contributed by atoms with Gasteiger partial charge in [-0.1, -0.05) is 6.92 Å². The molecule has 3 heteroatoms. The van der Waals surface area contributed by atoms with Crippen LogP contribution < -0.4 is 0 Å². The highest BCUT2D eigenvalue weighted by Crippen LogP contribution is 1.93. The standard InChI is InChI=1S/C6H12O2S/c1-3-4-9(8)5-6(2)7/h3-5H2,1-2H3. The second-order valence-corrected chi connectivity index (χ2v) is 3.57. The Morgan fingerprint density at radius 1 is 1.67 bits per heavy atom. The van der Waals surface area contributed by atoms with Crippen LogP contribution in [0.3, 0.4) is 0 Å². The van der Waals surface area contributed by atoms with Crippen LogP contribution in [0.15, 0.2) is 0 Å². The monoisotopic (exact) mass is 148 g/mol. The molecule has 0 fully saturated rings. The molecule has 1 atom stereocenters. The molecule has 0 N–H and O–H groups in total. The van der Waals surface area contributed by atoms with Crippen LogP contribution >= 0.6 is 0 Å². The molecule has 1 unspecified atom stereocenters. The van der Waals surface area contributed by atoms with E-state index >= 15 is 0 Å². The molecular weight excluding hydrogens is 136 g/mol. The molecule has 0 aromatic rings. The minimum absolute atomic E-state index is 0.0155. The van der Waals surface area contributed by atoms with E-state index in [0.29, 0.717) is 5.75 Å². The van der Waals surface area contributed by atoms with Crippen molar-refractivity contribution >= 4 is 17.0 Å². The quantitative estimate of drug-likeness (QED) is 0.551. The van der Waals surface area contributed by atoms with Gasteiger partial charge < -0.3 is 4.55 Å². The van der Waals surface area contributed by atoms with Gasteiger partial charge in [0, 0.05) is 0 Å². The Balaban J connectivity index is 3.26. The first-order valence-corrected chi connectivity index (χ1v) is 4.50. The van der Waals surface area contributed by atoms with Crippen molar-refractivity contribution in [2.24, 2.45) is 0 Å². The molecule has 0 radical (unpaired) electrons. The van der Waals surface area contributed by atoms with Crippen LogP contribution in [-0.4, -0.2) is 21.8 Å². The summed E-state index contributed by atoms with van der Waals surface area (Å²) < 4.78 is 10.7. The van der Waals surface area contributed by atoms with E-state index in [1.807, 2.05) is 6.92 Å². The highest BCUT2D eigenvalue weighted by Gasteiger charge is 2.06. The molecule has 0 saturated carbocycles. The summed E-state index contributed by atoms with van der Waals surface area (Å²) >= 11 is -0.900. The summed E-state index contributed by atoms with van der Waals surface area (Å²) in [7, 11) is 0. The van der Waals surface area contributed by atoms with E-state index in [-0.39, 0.29) is 11.5 Å². The van der Waals surface area contributed by atoms with Gasteiger partial charge in [-0.15, -0.1) is 0 Å². The second kappa shape index (κ2) is 4.82. The van der Waals surface area contributed by atoms with E-state index in [1.165, 1.54) is 6.92 Å². The number of hydrogen-bond donors (Lipinski definition) is 0. The van der Waals surface area contributed by atoms with E-state index in [4.69, 9.17) is 0 Å². The fourth-order valence-electron chi connectivity index (χ4n) is 0.527. The third kappa shape index (κ3) is 5.86. The Morgan fingerprint density at radius 2 is 2.22 bits per heavy atom. The molecule has 0 aromatic carbocycles. The van der Waals surface area contributed by atoms with Gasteiger partial charge in [0.05, 0.1) is 0 Å². The van der Waals surface area contributed by atoms with Crippen LogP contribution in [0.1, 0.15) is 20.3 Å². The van der Waals surface area contributed by atoms with Gasteiger partial charge >= 0.3 is 0 Å². The van der Waals surface area contributed by atoms with E-state index < -0.39 is 11.2 Å². The van der Waals surface area contributed by atoms with Crippen LogP contribution in [0.4, 0.5) is 0 Å². The van der Waals surface area contributed by atoms with Crippen LogP contribution in [0, 0.1) is 0 Å². The molecule has 0 aliphatic carbocycles. The molecule has 0 rings (SSSR count). The maximum atomic E-state index is 10.7. The summed E-state index contributed by atoms with van der Waals surface area (Å²) in [6.07, 6.45) is 0.889. The van der Waals surface area contributed by atoms with Crippen molar-refractivity contribution in [3.8, 4) is 0 Å². The Bertz CT molecular complexity index is 93.1. The molecule has 0 heterocycles. The predicted octanol–water partition coefficient (Wildman–Crippen LogP) is 0.734. The minimum Gasteiger partial charge on any atom is -0.616 e. The molecule has 0 amide bonds. The smallest absolute Gasteiger partial charge is 0.178 e. The number of rotatable bonds is 4. The van der Waals surface area contributed by atoms with Crippen molar-refractivity contribution in [3.63, 3.8) is 0 Å². The lowest BCUT2D eigenvalue weighted by molar-refractivity contribution is -0.114. The summed E-state index contributed by atoms with van der Waals surface area (Å²) in [4.78, 5) is 10.3. The first-order valence-electron chi connectivity index (χ1n) is 3.01. The SMILES string of the molecule is CCC[S+]([O-])CC(C)=O. The minimum atomic E-state index is -0.900. The van der Waals surface area contributed by atoms with Crippen LogP contribution in [0.2, 0.25) is 0 Å². The highest BCUT2D eigenvalue weighted by atomic mass is 32.2. The summed E-state index contributed by atoms with van der Waals surface area (Å²) in [6.45, 7) is 3.42. The highest BCUT2D eigenvalue weighted by molar-refractivity contribution is 7.92. The van der Waals surface area contributed by atoms with Crippen LogP contribution in [-0.2, 0) is 16.0 Å². The summed E-state index contributed by atoms with van der Waals surface area (Å²) in [5.41, 5.74) is 0. The van der Waals surface area contributed by atoms with Gasteiger partial charge in [-0.05, 0) is 24.5 Å². The third-order valence-electron chi connectivity index (χ3n) is 0.796. The maximum absolute atomic E-state index is 10.7. The van der Waals surface area contributed by atoms with Crippen molar-refractivity contribution in [2.45, 2.75) is 20.3 Å². The van der Waals surface area contributed by atoms with Crippen molar-refractivity contribution in [1.29, 1.82) is 0 Å². The molecule has 2 nitrogen and oxygen atoms in total. The Morgan fingerprint density at radius 3 is 2.56 bits per heavy atom. The zero-order valence-corrected chi connectivity index (χ0v) is 6.66. The van der Waals surface area contributed by atoms with Gasteiger partial charge in [-0.25, -0.2) is 0 Å². The Kier molecular flexibility index (Phi) is 4.81. The molecule has 0 aromatic heterocycles. The Labute approximate surface area is 58.8 Å². The number of Topliss-reactive ketones (excluding diaryl/α,β-unsaturated/α-hetero) is 1. The van der Waals surface area contributed by atoms with Crippen molar-refractivity contribution in [2.75, 3.05) is 11.5 Å². The lowest BCUT2D eigenvalue weighted by atomic mass is 10.5. The fraction of sp³-hybridized carbons (Fsp3) is 0.833. The molecule has 0 bridgehead atoms. The largest absolute Gasteiger partial charge is 0.616 e. The normalized spacial score (nSPS) is 13.2.